The lowest BCUT2D eigenvalue weighted by Crippen LogP contribution is -2.40. The molecule has 1 aromatic heterocycles. The fourth-order valence-corrected chi connectivity index (χ4v) is 4.17. The first-order chi connectivity index (χ1) is 12.5. The fourth-order valence-electron chi connectivity index (χ4n) is 2.58. The van der Waals surface area contributed by atoms with E-state index in [0.717, 1.165) is 0 Å². The molecule has 8 nitrogen and oxygen atoms in total. The van der Waals surface area contributed by atoms with Crippen molar-refractivity contribution in [3.8, 4) is 5.75 Å². The summed E-state index contributed by atoms with van der Waals surface area (Å²) in [5, 5.41) is 2.68. The minimum Gasteiger partial charge on any atom is -0.495 e. The summed E-state index contributed by atoms with van der Waals surface area (Å²) in [6, 6.07) is 7.78. The molecule has 1 saturated heterocycles. The first-order valence-electron chi connectivity index (χ1n) is 7.99. The maximum absolute atomic E-state index is 12.9. The van der Waals surface area contributed by atoms with E-state index in [1.807, 2.05) is 0 Å². The lowest BCUT2D eigenvalue weighted by molar-refractivity contribution is 0.0729. The normalized spacial score (nSPS) is 15.4. The maximum Gasteiger partial charge on any atom is 0.257 e. The van der Waals surface area contributed by atoms with Crippen LogP contribution < -0.4 is 10.1 Å². The molecule has 26 heavy (non-hydrogen) atoms. The predicted molar refractivity (Wildman–Crippen MR) is 94.8 cm³/mol. The van der Waals surface area contributed by atoms with Gasteiger partial charge in [0.15, 0.2) is 0 Å². The number of methoxy groups -OCH3 is 1. The summed E-state index contributed by atoms with van der Waals surface area (Å²) in [7, 11) is -2.36. The minimum atomic E-state index is -3.76. The van der Waals surface area contributed by atoms with Gasteiger partial charge in [0, 0.05) is 31.2 Å². The van der Waals surface area contributed by atoms with Crippen LogP contribution in [0.4, 0.5) is 5.69 Å². The third kappa shape index (κ3) is 3.85. The number of sulfonamides is 1. The molecule has 0 unspecified atom stereocenters. The Labute approximate surface area is 151 Å². The van der Waals surface area contributed by atoms with Crippen molar-refractivity contribution in [3.63, 3.8) is 0 Å². The number of ether oxygens (including phenoxy) is 2. The molecule has 1 aromatic carbocycles. The van der Waals surface area contributed by atoms with Crippen molar-refractivity contribution in [2.45, 2.75) is 4.90 Å². The Hall–Kier alpha value is -2.49. The molecule has 2 aromatic rings. The first-order valence-corrected chi connectivity index (χ1v) is 9.43. The van der Waals surface area contributed by atoms with Crippen molar-refractivity contribution in [2.24, 2.45) is 0 Å². The number of carbonyl (C=O) groups is 1. The predicted octanol–water partition coefficient (Wildman–Crippen LogP) is 1.36. The molecule has 1 aliphatic rings. The third-order valence-corrected chi connectivity index (χ3v) is 5.85. The molecule has 9 heteroatoms. The Balaban J connectivity index is 1.90. The number of amides is 1. The van der Waals surface area contributed by atoms with E-state index in [-0.39, 0.29) is 29.6 Å². The molecule has 1 amide bonds. The number of hydrogen-bond acceptors (Lipinski definition) is 6. The lowest BCUT2D eigenvalue weighted by Gasteiger charge is -2.26. The molecule has 0 bridgehead atoms. The summed E-state index contributed by atoms with van der Waals surface area (Å²) in [4.78, 5) is 16.2. The van der Waals surface area contributed by atoms with Crippen LogP contribution in [0.25, 0.3) is 0 Å². The number of morpholine rings is 1. The highest BCUT2D eigenvalue weighted by Gasteiger charge is 2.29. The highest BCUT2D eigenvalue weighted by atomic mass is 32.2. The Bertz CT molecular complexity index is 881. The van der Waals surface area contributed by atoms with Gasteiger partial charge in [-0.1, -0.05) is 0 Å². The van der Waals surface area contributed by atoms with Crippen molar-refractivity contribution < 1.29 is 22.7 Å². The van der Waals surface area contributed by atoms with E-state index in [1.165, 1.54) is 29.7 Å². The molecule has 2 heterocycles. The van der Waals surface area contributed by atoms with Crippen molar-refractivity contribution in [3.05, 3.63) is 48.3 Å². The van der Waals surface area contributed by atoms with Crippen molar-refractivity contribution >= 4 is 21.6 Å². The van der Waals surface area contributed by atoms with E-state index >= 15 is 0 Å². The van der Waals surface area contributed by atoms with Crippen molar-refractivity contribution in [1.82, 2.24) is 9.29 Å². The SMILES string of the molecule is COc1ccc(NC(=O)c2cccnc2)cc1S(=O)(=O)N1CCOCC1. The van der Waals surface area contributed by atoms with Gasteiger partial charge in [-0.3, -0.25) is 9.78 Å². The summed E-state index contributed by atoms with van der Waals surface area (Å²) < 4.78 is 37.7. The van der Waals surface area contributed by atoms with E-state index in [0.29, 0.717) is 24.5 Å². The van der Waals surface area contributed by atoms with E-state index < -0.39 is 10.0 Å². The Morgan fingerprint density at radius 1 is 1.27 bits per heavy atom. The molecular formula is C17H19N3O5S. The zero-order valence-electron chi connectivity index (χ0n) is 14.2. The van der Waals surface area contributed by atoms with Gasteiger partial charge in [-0.2, -0.15) is 4.31 Å². The van der Waals surface area contributed by atoms with Crippen LogP contribution in [0.15, 0.2) is 47.6 Å². The summed E-state index contributed by atoms with van der Waals surface area (Å²) >= 11 is 0. The minimum absolute atomic E-state index is 0.00545. The molecular weight excluding hydrogens is 358 g/mol. The van der Waals surface area contributed by atoms with Crippen LogP contribution in [0.3, 0.4) is 0 Å². The molecule has 138 valence electrons. The number of hydrogen-bond donors (Lipinski definition) is 1. The number of nitrogens with one attached hydrogen (secondary N) is 1. The van der Waals surface area contributed by atoms with Gasteiger partial charge in [0.1, 0.15) is 10.6 Å². The van der Waals surface area contributed by atoms with E-state index in [4.69, 9.17) is 9.47 Å². The second kappa shape index (κ2) is 7.81. The second-order valence-electron chi connectivity index (χ2n) is 5.58. The Kier molecular flexibility index (Phi) is 5.50. The van der Waals surface area contributed by atoms with Crippen LogP contribution in [0.5, 0.6) is 5.75 Å². The van der Waals surface area contributed by atoms with E-state index in [9.17, 15) is 13.2 Å². The summed E-state index contributed by atoms with van der Waals surface area (Å²) in [6.07, 6.45) is 3.00. The number of carbonyl (C=O) groups excluding carboxylic acids is 1. The van der Waals surface area contributed by atoms with E-state index in [1.54, 1.807) is 24.4 Å². The Morgan fingerprint density at radius 3 is 2.69 bits per heavy atom. The number of aromatic nitrogens is 1. The quantitative estimate of drug-likeness (QED) is 0.845. The molecule has 1 N–H and O–H groups in total. The standard InChI is InChI=1S/C17H19N3O5S/c1-24-15-5-4-14(19-17(21)13-3-2-6-18-12-13)11-16(15)26(22,23)20-7-9-25-10-8-20/h2-6,11-12H,7-10H2,1H3,(H,19,21). The molecule has 0 radical (unpaired) electrons. The number of benzene rings is 1. The van der Waals surface area contributed by atoms with Gasteiger partial charge in [0.2, 0.25) is 10.0 Å². The average molecular weight is 377 g/mol. The number of pyridine rings is 1. The maximum atomic E-state index is 12.9. The number of nitrogens with zero attached hydrogens (tertiary/aromatic N) is 2. The topological polar surface area (TPSA) is 97.8 Å². The van der Waals surface area contributed by atoms with Gasteiger partial charge < -0.3 is 14.8 Å². The van der Waals surface area contributed by atoms with Crippen LogP contribution in [-0.4, -0.2) is 57.0 Å². The molecule has 0 aliphatic carbocycles. The van der Waals surface area contributed by atoms with Crippen molar-refractivity contribution in [1.29, 1.82) is 0 Å². The zero-order chi connectivity index (χ0) is 18.6. The monoisotopic (exact) mass is 377 g/mol. The van der Waals surface area contributed by atoms with Crippen molar-refractivity contribution in [2.75, 3.05) is 38.7 Å². The molecule has 0 saturated carbocycles. The fraction of sp³-hybridized carbons (Fsp3) is 0.294. The molecule has 0 spiro atoms. The lowest BCUT2D eigenvalue weighted by atomic mass is 10.2. The van der Waals surface area contributed by atoms with Crippen LogP contribution >= 0.6 is 0 Å². The second-order valence-corrected chi connectivity index (χ2v) is 7.48. The van der Waals surface area contributed by atoms with Crippen LogP contribution in [0, 0.1) is 0 Å². The van der Waals surface area contributed by atoms with Gasteiger partial charge in [-0.05, 0) is 30.3 Å². The molecule has 3 rings (SSSR count). The third-order valence-electron chi connectivity index (χ3n) is 3.93. The van der Waals surface area contributed by atoms with Crippen LogP contribution in [-0.2, 0) is 14.8 Å². The van der Waals surface area contributed by atoms with Gasteiger partial charge in [0.25, 0.3) is 5.91 Å². The highest BCUT2D eigenvalue weighted by Crippen LogP contribution is 2.30. The van der Waals surface area contributed by atoms with Gasteiger partial charge >= 0.3 is 0 Å². The summed E-state index contributed by atoms with van der Waals surface area (Å²) in [5.74, 6) is -0.158. The van der Waals surface area contributed by atoms with Crippen LogP contribution in [0.1, 0.15) is 10.4 Å². The smallest absolute Gasteiger partial charge is 0.257 e. The van der Waals surface area contributed by atoms with Gasteiger partial charge in [-0.25, -0.2) is 8.42 Å². The van der Waals surface area contributed by atoms with Crippen LogP contribution in [0.2, 0.25) is 0 Å². The largest absolute Gasteiger partial charge is 0.495 e. The van der Waals surface area contributed by atoms with E-state index in [2.05, 4.69) is 10.3 Å². The van der Waals surface area contributed by atoms with Gasteiger partial charge in [0.05, 0.1) is 25.9 Å². The Morgan fingerprint density at radius 2 is 2.04 bits per heavy atom. The summed E-state index contributed by atoms with van der Waals surface area (Å²) in [5.41, 5.74) is 0.729. The molecule has 0 atom stereocenters. The zero-order valence-corrected chi connectivity index (χ0v) is 15.0. The molecule has 1 aliphatic heterocycles. The summed E-state index contributed by atoms with van der Waals surface area (Å²) in [6.45, 7) is 1.24. The molecule has 1 fully saturated rings. The number of rotatable bonds is 5. The first kappa shape index (κ1) is 18.3. The van der Waals surface area contributed by atoms with Gasteiger partial charge in [-0.15, -0.1) is 0 Å². The average Bonchev–Trinajstić information content (AvgIpc) is 2.69. The number of anilines is 1. The highest BCUT2D eigenvalue weighted by molar-refractivity contribution is 7.89.